The molecule has 0 spiro atoms. The van der Waals surface area contributed by atoms with Gasteiger partial charge in [-0.2, -0.15) is 21.6 Å². The first-order valence-electron chi connectivity index (χ1n) is 10.4. The van der Waals surface area contributed by atoms with Gasteiger partial charge in [0.1, 0.15) is 11.4 Å². The van der Waals surface area contributed by atoms with E-state index in [4.69, 9.17) is 4.74 Å². The fraction of sp³-hybridized carbons (Fsp3) is 0.435. The number of nitrogens with zero attached hydrogens (tertiary/aromatic N) is 1. The van der Waals surface area contributed by atoms with Crippen LogP contribution in [0.1, 0.15) is 43.9 Å². The summed E-state index contributed by atoms with van der Waals surface area (Å²) >= 11 is 0. The van der Waals surface area contributed by atoms with Crippen LogP contribution in [0.2, 0.25) is 0 Å². The summed E-state index contributed by atoms with van der Waals surface area (Å²) in [6.07, 6.45) is 0.486. The van der Waals surface area contributed by atoms with Gasteiger partial charge in [0.2, 0.25) is 0 Å². The van der Waals surface area contributed by atoms with Gasteiger partial charge in [-0.15, -0.1) is 0 Å². The molecule has 3 rings (SSSR count). The van der Waals surface area contributed by atoms with Gasteiger partial charge in [0.25, 0.3) is 0 Å². The Morgan fingerprint density at radius 2 is 1.73 bits per heavy atom. The maximum atomic E-state index is 13.0. The van der Waals surface area contributed by atoms with Crippen molar-refractivity contribution in [2.24, 2.45) is 0 Å². The van der Waals surface area contributed by atoms with Crippen molar-refractivity contribution in [1.29, 1.82) is 0 Å². The lowest BCUT2D eigenvalue weighted by atomic mass is 9.87. The van der Waals surface area contributed by atoms with Gasteiger partial charge < -0.3 is 13.8 Å². The summed E-state index contributed by atoms with van der Waals surface area (Å²) in [6, 6.07) is 13.4. The second-order valence-corrected chi connectivity index (χ2v) is 10.4. The molecule has 1 atom stereocenters. The summed E-state index contributed by atoms with van der Waals surface area (Å²) < 4.78 is 71.3. The van der Waals surface area contributed by atoms with Crippen molar-refractivity contribution in [2.75, 3.05) is 0 Å². The molecule has 180 valence electrons. The molecule has 10 heteroatoms. The van der Waals surface area contributed by atoms with Crippen molar-refractivity contribution in [1.82, 2.24) is 4.90 Å². The number of halogens is 3. The van der Waals surface area contributed by atoms with E-state index >= 15 is 0 Å². The summed E-state index contributed by atoms with van der Waals surface area (Å²) in [6.45, 7) is 5.61. The molecule has 33 heavy (non-hydrogen) atoms. The SMILES string of the molecule is CC(C)(C)OC(=O)N(Cc1ccccc1)[C@H]1CCc2c(cccc2OS(=O)(=O)C(F)(F)F)C1. The molecule has 0 heterocycles. The van der Waals surface area contributed by atoms with E-state index in [-0.39, 0.29) is 18.2 Å². The lowest BCUT2D eigenvalue weighted by molar-refractivity contribution is -0.0500. The van der Waals surface area contributed by atoms with Crippen molar-refractivity contribution in [3.05, 3.63) is 65.2 Å². The van der Waals surface area contributed by atoms with Crippen molar-refractivity contribution in [3.63, 3.8) is 0 Å². The molecule has 0 unspecified atom stereocenters. The number of amides is 1. The third-order valence-corrected chi connectivity index (χ3v) is 6.13. The van der Waals surface area contributed by atoms with Crippen LogP contribution in [0.15, 0.2) is 48.5 Å². The molecule has 1 aliphatic rings. The lowest BCUT2D eigenvalue weighted by Gasteiger charge is -2.36. The Kier molecular flexibility index (Phi) is 6.97. The van der Waals surface area contributed by atoms with Gasteiger partial charge in [-0.05, 0) is 62.8 Å². The molecule has 0 saturated carbocycles. The molecule has 1 aliphatic carbocycles. The maximum Gasteiger partial charge on any atom is 0.534 e. The number of hydrogen-bond acceptors (Lipinski definition) is 5. The molecule has 2 aromatic carbocycles. The minimum absolute atomic E-state index is 0.248. The van der Waals surface area contributed by atoms with Crippen LogP contribution in [-0.4, -0.2) is 36.6 Å². The van der Waals surface area contributed by atoms with Gasteiger partial charge in [0, 0.05) is 12.6 Å². The molecular weight excluding hydrogens is 459 g/mol. The number of rotatable bonds is 5. The predicted molar refractivity (Wildman–Crippen MR) is 116 cm³/mol. The lowest BCUT2D eigenvalue weighted by Crippen LogP contribution is -2.45. The molecule has 0 aromatic heterocycles. The van der Waals surface area contributed by atoms with Crippen LogP contribution >= 0.6 is 0 Å². The standard InChI is InChI=1S/C23H26F3NO5S/c1-22(2,3)31-21(28)27(15-16-8-5-4-6-9-16)18-12-13-19-17(14-18)10-7-11-20(19)32-33(29,30)23(24,25)26/h4-11,18H,12-15H2,1-3H3/t18-/m0/s1. The average molecular weight is 486 g/mol. The van der Waals surface area contributed by atoms with Gasteiger partial charge in [0.05, 0.1) is 0 Å². The van der Waals surface area contributed by atoms with Crippen molar-refractivity contribution in [2.45, 2.75) is 63.7 Å². The van der Waals surface area contributed by atoms with Gasteiger partial charge in [-0.3, -0.25) is 0 Å². The third-order valence-electron chi connectivity index (χ3n) is 5.16. The Morgan fingerprint density at radius 3 is 2.33 bits per heavy atom. The minimum Gasteiger partial charge on any atom is -0.444 e. The van der Waals surface area contributed by atoms with Crippen molar-refractivity contribution < 1.29 is 35.3 Å². The van der Waals surface area contributed by atoms with Crippen LogP contribution in [0.25, 0.3) is 0 Å². The molecule has 0 radical (unpaired) electrons. The van der Waals surface area contributed by atoms with Crippen LogP contribution in [0.3, 0.4) is 0 Å². The zero-order valence-corrected chi connectivity index (χ0v) is 19.4. The zero-order valence-electron chi connectivity index (χ0n) is 18.6. The molecule has 0 bridgehead atoms. The number of benzene rings is 2. The third kappa shape index (κ3) is 6.19. The fourth-order valence-corrected chi connectivity index (χ4v) is 4.19. The van der Waals surface area contributed by atoms with Crippen LogP contribution in [0, 0.1) is 0 Å². The zero-order chi connectivity index (χ0) is 24.4. The average Bonchev–Trinajstić information content (AvgIpc) is 2.70. The highest BCUT2D eigenvalue weighted by Crippen LogP contribution is 2.35. The normalized spacial score (nSPS) is 16.6. The molecule has 6 nitrogen and oxygen atoms in total. The maximum absolute atomic E-state index is 13.0. The molecule has 0 fully saturated rings. The van der Waals surface area contributed by atoms with E-state index in [2.05, 4.69) is 4.18 Å². The topological polar surface area (TPSA) is 72.9 Å². The highest BCUT2D eigenvalue weighted by atomic mass is 32.2. The van der Waals surface area contributed by atoms with Crippen LogP contribution in [-0.2, 0) is 34.2 Å². The van der Waals surface area contributed by atoms with Crippen molar-refractivity contribution >= 4 is 16.2 Å². The quantitative estimate of drug-likeness (QED) is 0.430. The highest BCUT2D eigenvalue weighted by molar-refractivity contribution is 7.88. The first-order valence-corrected chi connectivity index (χ1v) is 11.8. The first kappa shape index (κ1) is 24.9. The second-order valence-electron chi connectivity index (χ2n) is 8.87. The summed E-state index contributed by atoms with van der Waals surface area (Å²) in [4.78, 5) is 14.6. The Labute approximate surface area is 191 Å². The largest absolute Gasteiger partial charge is 0.534 e. The number of fused-ring (bicyclic) bond motifs is 1. The van der Waals surface area contributed by atoms with Crippen molar-refractivity contribution in [3.8, 4) is 5.75 Å². The molecule has 1 amide bonds. The molecule has 0 aliphatic heterocycles. The summed E-state index contributed by atoms with van der Waals surface area (Å²) in [5, 5.41) is 0. The summed E-state index contributed by atoms with van der Waals surface area (Å²) in [5.74, 6) is -0.338. The van der Waals surface area contributed by atoms with Crippen LogP contribution in [0.4, 0.5) is 18.0 Å². The monoisotopic (exact) mass is 485 g/mol. The van der Waals surface area contributed by atoms with E-state index in [9.17, 15) is 26.4 Å². The van der Waals surface area contributed by atoms with E-state index in [0.29, 0.717) is 30.5 Å². The molecule has 0 N–H and O–H groups in total. The van der Waals surface area contributed by atoms with Gasteiger partial charge >= 0.3 is 21.7 Å². The van der Waals surface area contributed by atoms with E-state index in [1.165, 1.54) is 12.1 Å². The first-order chi connectivity index (χ1) is 15.3. The van der Waals surface area contributed by atoms with Gasteiger partial charge in [-0.25, -0.2) is 4.79 Å². The van der Waals surface area contributed by atoms with E-state index < -0.39 is 27.3 Å². The highest BCUT2D eigenvalue weighted by Gasteiger charge is 2.49. The van der Waals surface area contributed by atoms with Crippen LogP contribution < -0.4 is 4.18 Å². The Bertz CT molecular complexity index is 1100. The van der Waals surface area contributed by atoms with Gasteiger partial charge in [0.15, 0.2) is 0 Å². The molecule has 0 saturated heterocycles. The number of carbonyl (C=O) groups excluding carboxylic acids is 1. The molecular formula is C23H26F3NO5S. The van der Waals surface area contributed by atoms with E-state index in [0.717, 1.165) is 5.56 Å². The van der Waals surface area contributed by atoms with Crippen LogP contribution in [0.5, 0.6) is 5.75 Å². The van der Waals surface area contributed by atoms with E-state index in [1.807, 2.05) is 30.3 Å². The fourth-order valence-electron chi connectivity index (χ4n) is 3.71. The summed E-state index contributed by atoms with van der Waals surface area (Å²) in [7, 11) is -5.77. The number of ether oxygens (including phenoxy) is 1. The number of carbonyl (C=O) groups is 1. The Hall–Kier alpha value is -2.75. The van der Waals surface area contributed by atoms with E-state index in [1.54, 1.807) is 31.7 Å². The second kappa shape index (κ2) is 9.24. The predicted octanol–water partition coefficient (Wildman–Crippen LogP) is 5.21. The Morgan fingerprint density at radius 1 is 1.06 bits per heavy atom. The summed E-state index contributed by atoms with van der Waals surface area (Å²) in [5.41, 5.74) is -4.29. The number of alkyl halides is 3. The minimum atomic E-state index is -5.77. The number of hydrogen-bond donors (Lipinski definition) is 0. The molecule has 2 aromatic rings. The smallest absolute Gasteiger partial charge is 0.444 e. The van der Waals surface area contributed by atoms with Gasteiger partial charge in [-0.1, -0.05) is 42.5 Å². The Balaban J connectivity index is 1.87.